The maximum absolute atomic E-state index is 12.3. The van der Waals surface area contributed by atoms with E-state index in [4.69, 9.17) is 30.2 Å². The molecule has 3 rings (SSSR count). The number of primary amides is 1. The molecule has 0 aromatic heterocycles. The van der Waals surface area contributed by atoms with Crippen LogP contribution < -0.4 is 16.5 Å². The van der Waals surface area contributed by atoms with Gasteiger partial charge in [0, 0.05) is 25.2 Å². The molecule has 32 heavy (non-hydrogen) atoms. The quantitative estimate of drug-likeness (QED) is 0.406. The molecule has 0 saturated heterocycles. The number of carbonyl (C=O) groups excluding carboxylic acids is 2. The lowest BCUT2D eigenvalue weighted by molar-refractivity contribution is 0.0879. The summed E-state index contributed by atoms with van der Waals surface area (Å²) in [6.45, 7) is 0. The van der Waals surface area contributed by atoms with E-state index >= 15 is 0 Å². The number of nitrogens with zero attached hydrogens (tertiary/aromatic N) is 1. The first kappa shape index (κ1) is 24.6. The molecule has 164 valence electrons. The first-order chi connectivity index (χ1) is 15.3. The highest BCUT2D eigenvalue weighted by molar-refractivity contribution is 7.81. The lowest BCUT2D eigenvalue weighted by Crippen LogP contribution is -2.43. The van der Waals surface area contributed by atoms with Crippen LogP contribution in [0.4, 0.5) is 0 Å². The molecule has 0 bridgehead atoms. The van der Waals surface area contributed by atoms with E-state index < -0.39 is 11.8 Å². The van der Waals surface area contributed by atoms with Gasteiger partial charge in [-0.05, 0) is 12.1 Å². The molecule has 0 atom stereocenters. The number of thiocarbonyl (C=S) groups is 2. The molecule has 0 radical (unpaired) electrons. The summed E-state index contributed by atoms with van der Waals surface area (Å²) < 4.78 is 0. The van der Waals surface area contributed by atoms with Crippen LogP contribution in [0.3, 0.4) is 0 Å². The second-order valence-electron chi connectivity index (χ2n) is 6.53. The Morgan fingerprint density at radius 3 is 1.75 bits per heavy atom. The van der Waals surface area contributed by atoms with Gasteiger partial charge in [-0.2, -0.15) is 0 Å². The molecular weight excluding hydrogens is 440 g/mol. The van der Waals surface area contributed by atoms with Crippen LogP contribution in [0.15, 0.2) is 84.9 Å². The van der Waals surface area contributed by atoms with Crippen LogP contribution in [0.5, 0.6) is 0 Å². The summed E-state index contributed by atoms with van der Waals surface area (Å²) in [5.41, 5.74) is 10.2. The van der Waals surface area contributed by atoms with Gasteiger partial charge in [-0.3, -0.25) is 20.0 Å². The maximum atomic E-state index is 12.3. The zero-order valence-electron chi connectivity index (χ0n) is 17.7. The number of rotatable bonds is 4. The minimum atomic E-state index is -0.654. The van der Waals surface area contributed by atoms with Gasteiger partial charge in [0.15, 0.2) is 0 Å². The topological polar surface area (TPSA) is 87.5 Å². The normalized spacial score (nSPS) is 9.56. The predicted octanol–water partition coefficient (Wildman–Crippen LogP) is 3.32. The van der Waals surface area contributed by atoms with E-state index in [0.29, 0.717) is 4.99 Å². The van der Waals surface area contributed by atoms with Crippen molar-refractivity contribution in [2.75, 3.05) is 14.1 Å². The molecule has 6 nitrogen and oxygen atoms in total. The molecule has 2 amide bonds. The van der Waals surface area contributed by atoms with Crippen molar-refractivity contribution in [2.24, 2.45) is 5.73 Å². The number of nitrogens with one attached hydrogen (secondary N) is 2. The van der Waals surface area contributed by atoms with Crippen molar-refractivity contribution in [1.82, 2.24) is 15.8 Å². The van der Waals surface area contributed by atoms with E-state index in [-0.39, 0.29) is 11.1 Å². The van der Waals surface area contributed by atoms with Gasteiger partial charge in [-0.1, -0.05) is 97.2 Å². The minimum absolute atomic E-state index is 0.166. The third-order valence-electron chi connectivity index (χ3n) is 4.29. The molecule has 0 fully saturated rings. The molecule has 3 aromatic rings. The van der Waals surface area contributed by atoms with Crippen LogP contribution in [0.1, 0.15) is 31.8 Å². The third-order valence-corrected chi connectivity index (χ3v) is 5.24. The van der Waals surface area contributed by atoms with E-state index in [2.05, 4.69) is 10.7 Å². The van der Waals surface area contributed by atoms with E-state index in [9.17, 15) is 9.59 Å². The maximum Gasteiger partial charge on any atom is 0.270 e. The van der Waals surface area contributed by atoms with Crippen LogP contribution >= 0.6 is 24.4 Å². The minimum Gasteiger partial charge on any atom is -0.379 e. The Morgan fingerprint density at radius 2 is 1.25 bits per heavy atom. The van der Waals surface area contributed by atoms with Crippen molar-refractivity contribution in [3.63, 3.8) is 0 Å². The Hall–Kier alpha value is -3.62. The summed E-state index contributed by atoms with van der Waals surface area (Å²) in [6, 6.07) is 25.5. The van der Waals surface area contributed by atoms with Gasteiger partial charge in [0.25, 0.3) is 5.91 Å². The van der Waals surface area contributed by atoms with Crippen molar-refractivity contribution in [3.8, 4) is 0 Å². The van der Waals surface area contributed by atoms with Gasteiger partial charge in [-0.15, -0.1) is 0 Å². The van der Waals surface area contributed by atoms with E-state index in [1.54, 1.807) is 19.2 Å². The Labute approximate surface area is 198 Å². The van der Waals surface area contributed by atoms with Crippen molar-refractivity contribution in [1.29, 1.82) is 0 Å². The molecule has 0 saturated carbocycles. The van der Waals surface area contributed by atoms with Gasteiger partial charge in [0.1, 0.15) is 9.98 Å². The summed E-state index contributed by atoms with van der Waals surface area (Å²) >= 11 is 10.3. The molecule has 0 aliphatic heterocycles. The molecule has 8 heteroatoms. The van der Waals surface area contributed by atoms with Gasteiger partial charge in [0.2, 0.25) is 5.91 Å². The van der Waals surface area contributed by atoms with Gasteiger partial charge in [0.05, 0.1) is 11.1 Å². The standard InChI is InChI=1S/C16H15N3O2S.C8H9NS/c1-19(16(22)11-7-3-2-4-8-11)18-15(21)13-10-6-5-9-12(13)14(17)20;1-9-8(10)7-5-3-2-4-6-7/h2-10H,1H3,(H2,17,20)(H,18,21);2-6H,1H3,(H,9,10). The fourth-order valence-corrected chi connectivity index (χ4v) is 2.99. The highest BCUT2D eigenvalue weighted by atomic mass is 32.1. The second kappa shape index (κ2) is 12.3. The third kappa shape index (κ3) is 6.97. The zero-order valence-corrected chi connectivity index (χ0v) is 19.4. The van der Waals surface area contributed by atoms with E-state index in [1.165, 1.54) is 17.1 Å². The van der Waals surface area contributed by atoms with Crippen LogP contribution in [0.2, 0.25) is 0 Å². The zero-order chi connectivity index (χ0) is 23.5. The highest BCUT2D eigenvalue weighted by Crippen LogP contribution is 2.09. The van der Waals surface area contributed by atoms with Crippen LogP contribution in [-0.4, -0.2) is 40.9 Å². The fraction of sp³-hybridized carbons (Fsp3) is 0.0833. The van der Waals surface area contributed by atoms with Crippen molar-refractivity contribution < 1.29 is 9.59 Å². The smallest absolute Gasteiger partial charge is 0.270 e. The second-order valence-corrected chi connectivity index (χ2v) is 7.32. The predicted molar refractivity (Wildman–Crippen MR) is 136 cm³/mol. The number of carbonyl (C=O) groups is 2. The molecule has 4 N–H and O–H groups in total. The molecule has 0 heterocycles. The molecular formula is C24H24N4O2S2. The molecule has 0 spiro atoms. The SMILES string of the molecule is CN(NC(=O)c1ccccc1C(N)=O)C(=S)c1ccccc1.CNC(=S)c1ccccc1. The lowest BCUT2D eigenvalue weighted by atomic mass is 10.1. The van der Waals surface area contributed by atoms with Crippen LogP contribution in [0.25, 0.3) is 0 Å². The Balaban J connectivity index is 0.000000303. The Morgan fingerprint density at radius 1 is 0.781 bits per heavy atom. The Kier molecular flexibility index (Phi) is 9.46. The number of hydrogen-bond acceptors (Lipinski definition) is 4. The molecule has 0 unspecified atom stereocenters. The van der Waals surface area contributed by atoms with Crippen LogP contribution in [-0.2, 0) is 0 Å². The number of amides is 2. The Bertz CT molecular complexity index is 1090. The van der Waals surface area contributed by atoms with Crippen molar-refractivity contribution >= 4 is 46.2 Å². The van der Waals surface area contributed by atoms with Gasteiger partial charge in [-0.25, -0.2) is 0 Å². The summed E-state index contributed by atoms with van der Waals surface area (Å²) in [5, 5.41) is 4.35. The fourth-order valence-electron chi connectivity index (χ4n) is 2.67. The molecule has 0 aliphatic carbocycles. The van der Waals surface area contributed by atoms with Crippen LogP contribution in [0, 0.1) is 0 Å². The number of benzene rings is 3. The summed E-state index contributed by atoms with van der Waals surface area (Å²) in [6.07, 6.45) is 0. The first-order valence-electron chi connectivity index (χ1n) is 9.65. The number of hydrogen-bond donors (Lipinski definition) is 3. The van der Waals surface area contributed by atoms with Crippen molar-refractivity contribution in [2.45, 2.75) is 0 Å². The summed E-state index contributed by atoms with van der Waals surface area (Å²) in [7, 11) is 3.47. The average molecular weight is 465 g/mol. The molecule has 0 aliphatic rings. The molecule has 3 aromatic carbocycles. The lowest BCUT2D eigenvalue weighted by Gasteiger charge is -2.21. The summed E-state index contributed by atoms with van der Waals surface area (Å²) in [4.78, 5) is 24.9. The summed E-state index contributed by atoms with van der Waals surface area (Å²) in [5.74, 6) is -1.10. The first-order valence-corrected chi connectivity index (χ1v) is 10.5. The van der Waals surface area contributed by atoms with E-state index in [1.807, 2.05) is 67.7 Å². The average Bonchev–Trinajstić information content (AvgIpc) is 2.84. The number of hydrazine groups is 1. The highest BCUT2D eigenvalue weighted by Gasteiger charge is 2.17. The van der Waals surface area contributed by atoms with Crippen molar-refractivity contribution in [3.05, 3.63) is 107 Å². The number of nitrogens with two attached hydrogens (primary N) is 1. The van der Waals surface area contributed by atoms with Gasteiger partial charge < -0.3 is 11.1 Å². The van der Waals surface area contributed by atoms with E-state index in [0.717, 1.165) is 16.1 Å². The largest absolute Gasteiger partial charge is 0.379 e. The monoisotopic (exact) mass is 464 g/mol. The van der Waals surface area contributed by atoms with Gasteiger partial charge >= 0.3 is 0 Å².